The van der Waals surface area contributed by atoms with E-state index < -0.39 is 5.91 Å². The third-order valence-electron chi connectivity index (χ3n) is 2.45. The fraction of sp³-hybridized carbons (Fsp3) is 0.0667. The lowest BCUT2D eigenvalue weighted by molar-refractivity contribution is -0.120. The van der Waals surface area contributed by atoms with Gasteiger partial charge in [-0.15, -0.1) is 11.3 Å². The lowest BCUT2D eigenvalue weighted by Gasteiger charge is -2.05. The van der Waals surface area contributed by atoms with Gasteiger partial charge < -0.3 is 15.8 Å². The first-order valence-corrected chi connectivity index (χ1v) is 7.05. The molecule has 0 aliphatic carbocycles. The number of hydrogen-bond donors (Lipinski definition) is 2. The van der Waals surface area contributed by atoms with Crippen LogP contribution in [0, 0.1) is 0 Å². The first-order chi connectivity index (χ1) is 10.1. The number of primary amides is 1. The monoisotopic (exact) mass is 302 g/mol. The van der Waals surface area contributed by atoms with Crippen molar-refractivity contribution in [1.29, 1.82) is 0 Å². The van der Waals surface area contributed by atoms with Crippen molar-refractivity contribution in [2.24, 2.45) is 5.73 Å². The lowest BCUT2D eigenvalue weighted by Crippen LogP contribution is -2.20. The molecule has 0 radical (unpaired) electrons. The van der Waals surface area contributed by atoms with E-state index in [1.807, 2.05) is 17.5 Å². The van der Waals surface area contributed by atoms with Gasteiger partial charge in [0, 0.05) is 16.6 Å². The molecule has 0 unspecified atom stereocenters. The van der Waals surface area contributed by atoms with Crippen LogP contribution in [0.3, 0.4) is 0 Å². The number of benzene rings is 1. The minimum absolute atomic E-state index is 0.171. The average Bonchev–Trinajstić information content (AvgIpc) is 2.98. The van der Waals surface area contributed by atoms with E-state index in [1.54, 1.807) is 41.7 Å². The minimum atomic E-state index is -0.536. The predicted molar refractivity (Wildman–Crippen MR) is 83.1 cm³/mol. The van der Waals surface area contributed by atoms with Crippen LogP contribution in [-0.4, -0.2) is 18.4 Å². The first kappa shape index (κ1) is 14.8. The Morgan fingerprint density at radius 1 is 1.24 bits per heavy atom. The smallest absolute Gasteiger partial charge is 0.255 e. The van der Waals surface area contributed by atoms with Crippen molar-refractivity contribution in [1.82, 2.24) is 0 Å². The number of hydrogen-bond acceptors (Lipinski definition) is 4. The van der Waals surface area contributed by atoms with Gasteiger partial charge in [-0.3, -0.25) is 9.59 Å². The highest BCUT2D eigenvalue weighted by atomic mass is 32.1. The summed E-state index contributed by atoms with van der Waals surface area (Å²) in [5.74, 6) is -0.235. The Morgan fingerprint density at radius 3 is 2.62 bits per heavy atom. The Hall–Kier alpha value is -2.60. The summed E-state index contributed by atoms with van der Waals surface area (Å²) in [5, 5.41) is 4.67. The van der Waals surface area contributed by atoms with Gasteiger partial charge in [-0.25, -0.2) is 0 Å². The summed E-state index contributed by atoms with van der Waals surface area (Å²) in [5.41, 5.74) is 5.62. The zero-order valence-corrected chi connectivity index (χ0v) is 11.9. The molecule has 0 saturated heterocycles. The van der Waals surface area contributed by atoms with Gasteiger partial charge in [0.15, 0.2) is 6.61 Å². The van der Waals surface area contributed by atoms with E-state index >= 15 is 0 Å². The second-order valence-corrected chi connectivity index (χ2v) is 5.10. The van der Waals surface area contributed by atoms with Crippen molar-refractivity contribution in [3.8, 4) is 5.75 Å². The number of ether oxygens (including phenoxy) is 1. The molecule has 2 aromatic rings. The Balaban J connectivity index is 1.87. The standard InChI is InChI=1S/C15H14N2O3S/c16-14(18)10-20-12-5-3-11(4-6-12)17-15(19)8-7-13-2-1-9-21-13/h1-9H,10H2,(H2,16,18)(H,17,19)/b8-7+. The maximum atomic E-state index is 11.7. The normalized spacial score (nSPS) is 10.5. The molecule has 0 spiro atoms. The SMILES string of the molecule is NC(=O)COc1ccc(NC(=O)/C=C/c2cccs2)cc1. The van der Waals surface area contributed by atoms with Gasteiger partial charge >= 0.3 is 0 Å². The highest BCUT2D eigenvalue weighted by molar-refractivity contribution is 7.10. The van der Waals surface area contributed by atoms with E-state index in [0.29, 0.717) is 11.4 Å². The zero-order chi connectivity index (χ0) is 15.1. The topological polar surface area (TPSA) is 81.4 Å². The second-order valence-electron chi connectivity index (χ2n) is 4.12. The van der Waals surface area contributed by atoms with Crippen molar-refractivity contribution < 1.29 is 14.3 Å². The fourth-order valence-electron chi connectivity index (χ4n) is 1.52. The molecule has 0 fully saturated rings. The van der Waals surface area contributed by atoms with Crippen LogP contribution < -0.4 is 15.8 Å². The molecule has 0 atom stereocenters. The van der Waals surface area contributed by atoms with Crippen LogP contribution >= 0.6 is 11.3 Å². The van der Waals surface area contributed by atoms with E-state index in [4.69, 9.17) is 10.5 Å². The largest absolute Gasteiger partial charge is 0.484 e. The van der Waals surface area contributed by atoms with Gasteiger partial charge in [0.05, 0.1) is 0 Å². The van der Waals surface area contributed by atoms with Gasteiger partial charge in [-0.2, -0.15) is 0 Å². The zero-order valence-electron chi connectivity index (χ0n) is 11.1. The summed E-state index contributed by atoms with van der Waals surface area (Å²) < 4.78 is 5.12. The molecule has 108 valence electrons. The summed E-state index contributed by atoms with van der Waals surface area (Å²) >= 11 is 1.56. The van der Waals surface area contributed by atoms with Gasteiger partial charge in [0.2, 0.25) is 5.91 Å². The van der Waals surface area contributed by atoms with Crippen LogP contribution in [0.1, 0.15) is 4.88 Å². The Kier molecular flexibility index (Phi) is 5.11. The Morgan fingerprint density at radius 2 is 2.00 bits per heavy atom. The predicted octanol–water partition coefficient (Wildman–Crippen LogP) is 2.26. The van der Waals surface area contributed by atoms with Crippen LogP contribution in [0.2, 0.25) is 0 Å². The first-order valence-electron chi connectivity index (χ1n) is 6.17. The number of rotatable bonds is 6. The summed E-state index contributed by atoms with van der Waals surface area (Å²) in [4.78, 5) is 23.3. The number of carbonyl (C=O) groups excluding carboxylic acids is 2. The number of nitrogens with one attached hydrogen (secondary N) is 1. The van der Waals surface area contributed by atoms with E-state index in [-0.39, 0.29) is 12.5 Å². The maximum Gasteiger partial charge on any atom is 0.255 e. The number of thiophene rings is 1. The molecule has 1 heterocycles. The quantitative estimate of drug-likeness (QED) is 0.803. The second kappa shape index (κ2) is 7.25. The molecule has 3 N–H and O–H groups in total. The minimum Gasteiger partial charge on any atom is -0.484 e. The number of nitrogens with two attached hydrogens (primary N) is 1. The summed E-state index contributed by atoms with van der Waals surface area (Å²) in [6, 6.07) is 10.5. The van der Waals surface area contributed by atoms with Gasteiger partial charge in [0.1, 0.15) is 5.75 Å². The summed E-state index contributed by atoms with van der Waals surface area (Å²) in [7, 11) is 0. The average molecular weight is 302 g/mol. The number of carbonyl (C=O) groups is 2. The van der Waals surface area contributed by atoms with E-state index in [2.05, 4.69) is 5.32 Å². The van der Waals surface area contributed by atoms with E-state index in [9.17, 15) is 9.59 Å². The van der Waals surface area contributed by atoms with Crippen LogP contribution in [0.5, 0.6) is 5.75 Å². The third kappa shape index (κ3) is 5.12. The molecule has 0 saturated carbocycles. The third-order valence-corrected chi connectivity index (χ3v) is 3.28. The van der Waals surface area contributed by atoms with Crippen molar-refractivity contribution >= 4 is 34.9 Å². The molecule has 1 aromatic heterocycles. The van der Waals surface area contributed by atoms with Gasteiger partial charge in [0.25, 0.3) is 5.91 Å². The molecule has 1 aromatic carbocycles. The molecule has 0 aliphatic heterocycles. The molecule has 2 amide bonds. The van der Waals surface area contributed by atoms with Gasteiger partial charge in [-0.1, -0.05) is 6.07 Å². The van der Waals surface area contributed by atoms with Crippen LogP contribution in [0.4, 0.5) is 5.69 Å². The molecule has 2 rings (SSSR count). The molecular formula is C15H14N2O3S. The maximum absolute atomic E-state index is 11.7. The van der Waals surface area contributed by atoms with Crippen molar-refractivity contribution in [3.63, 3.8) is 0 Å². The lowest BCUT2D eigenvalue weighted by atomic mass is 10.3. The number of anilines is 1. The molecule has 6 heteroatoms. The van der Waals surface area contributed by atoms with E-state index in [1.165, 1.54) is 6.08 Å². The summed E-state index contributed by atoms with van der Waals surface area (Å²) in [6.07, 6.45) is 3.23. The molecule has 0 bridgehead atoms. The summed E-state index contributed by atoms with van der Waals surface area (Å²) in [6.45, 7) is -0.171. The highest BCUT2D eigenvalue weighted by Gasteiger charge is 2.00. The molecular weight excluding hydrogens is 288 g/mol. The van der Waals surface area contributed by atoms with Crippen LogP contribution in [-0.2, 0) is 9.59 Å². The Labute approximate surface area is 126 Å². The highest BCUT2D eigenvalue weighted by Crippen LogP contribution is 2.16. The number of amides is 2. The van der Waals surface area contributed by atoms with Crippen molar-refractivity contribution in [2.75, 3.05) is 11.9 Å². The van der Waals surface area contributed by atoms with Crippen LogP contribution in [0.25, 0.3) is 6.08 Å². The fourth-order valence-corrected chi connectivity index (χ4v) is 2.13. The molecule has 21 heavy (non-hydrogen) atoms. The van der Waals surface area contributed by atoms with Crippen LogP contribution in [0.15, 0.2) is 47.9 Å². The van der Waals surface area contributed by atoms with Crippen molar-refractivity contribution in [3.05, 3.63) is 52.7 Å². The molecule has 0 aliphatic rings. The van der Waals surface area contributed by atoms with E-state index in [0.717, 1.165) is 4.88 Å². The Bertz CT molecular complexity index is 633. The van der Waals surface area contributed by atoms with Gasteiger partial charge in [-0.05, 0) is 41.8 Å². The molecule has 5 nitrogen and oxygen atoms in total. The van der Waals surface area contributed by atoms with Crippen molar-refractivity contribution in [2.45, 2.75) is 0 Å².